The Balaban J connectivity index is 2.02. The highest BCUT2D eigenvalue weighted by Gasteiger charge is 2.11. The summed E-state index contributed by atoms with van der Waals surface area (Å²) in [6.45, 7) is 4.13. The van der Waals surface area contributed by atoms with Crippen LogP contribution in [-0.2, 0) is 11.2 Å². The van der Waals surface area contributed by atoms with Crippen LogP contribution in [0.25, 0.3) is 16.9 Å². The van der Waals surface area contributed by atoms with Gasteiger partial charge in [0.2, 0.25) is 5.91 Å². The van der Waals surface area contributed by atoms with Gasteiger partial charge < -0.3 is 15.5 Å². The van der Waals surface area contributed by atoms with Gasteiger partial charge in [-0.25, -0.2) is 4.98 Å². The molecule has 118 valence electrons. The Bertz CT molecular complexity index is 849. The van der Waals surface area contributed by atoms with Crippen LogP contribution in [0.3, 0.4) is 0 Å². The zero-order valence-corrected chi connectivity index (χ0v) is 13.3. The minimum absolute atomic E-state index is 0.0318. The van der Waals surface area contributed by atoms with Crippen LogP contribution in [0, 0.1) is 6.92 Å². The van der Waals surface area contributed by atoms with Crippen molar-refractivity contribution in [2.24, 2.45) is 5.73 Å². The molecule has 0 fully saturated rings. The lowest BCUT2D eigenvalue weighted by Gasteiger charge is -2.05. The van der Waals surface area contributed by atoms with Crippen molar-refractivity contribution in [2.45, 2.75) is 20.3 Å². The molecule has 0 spiro atoms. The molecule has 0 aliphatic rings. The predicted octanol–water partition coefficient (Wildman–Crippen LogP) is 2.77. The number of rotatable bonds is 4. The monoisotopic (exact) mass is 308 g/mol. The summed E-state index contributed by atoms with van der Waals surface area (Å²) in [5.41, 5.74) is 11.3. The van der Waals surface area contributed by atoms with Gasteiger partial charge in [0.1, 0.15) is 5.65 Å². The second kappa shape index (κ2) is 6.22. The minimum atomic E-state index is -0.211. The molecule has 0 saturated heterocycles. The molecule has 3 N–H and O–H groups in total. The molecule has 23 heavy (non-hydrogen) atoms. The van der Waals surface area contributed by atoms with Crippen molar-refractivity contribution in [1.82, 2.24) is 9.38 Å². The number of anilines is 1. The predicted molar refractivity (Wildman–Crippen MR) is 92.4 cm³/mol. The van der Waals surface area contributed by atoms with Crippen LogP contribution in [0.15, 0.2) is 42.6 Å². The van der Waals surface area contributed by atoms with Crippen LogP contribution in [0.1, 0.15) is 18.2 Å². The number of imidazole rings is 1. The molecule has 0 aliphatic carbocycles. The number of aromatic nitrogens is 2. The Morgan fingerprint density at radius 1 is 1.22 bits per heavy atom. The maximum atomic E-state index is 11.4. The molecule has 1 aromatic carbocycles. The van der Waals surface area contributed by atoms with Gasteiger partial charge in [0.25, 0.3) is 0 Å². The van der Waals surface area contributed by atoms with Crippen molar-refractivity contribution in [1.29, 1.82) is 0 Å². The fourth-order valence-electron chi connectivity index (χ4n) is 2.62. The maximum Gasteiger partial charge on any atom is 0.238 e. The molecule has 3 rings (SSSR count). The van der Waals surface area contributed by atoms with Crippen molar-refractivity contribution in [2.75, 3.05) is 11.9 Å². The zero-order valence-electron chi connectivity index (χ0n) is 13.3. The molecule has 2 heterocycles. The van der Waals surface area contributed by atoms with Crippen molar-refractivity contribution in [3.05, 3.63) is 53.9 Å². The SMILES string of the molecule is CCc1ccc(-c2nc3ccc(NC(=O)CN)cn3c2C)cc1. The summed E-state index contributed by atoms with van der Waals surface area (Å²) in [6, 6.07) is 12.2. The molecular weight excluding hydrogens is 288 g/mol. The molecule has 5 nitrogen and oxygen atoms in total. The summed E-state index contributed by atoms with van der Waals surface area (Å²) in [5.74, 6) is -0.211. The first kappa shape index (κ1) is 15.2. The third-order valence-corrected chi connectivity index (χ3v) is 3.96. The van der Waals surface area contributed by atoms with Gasteiger partial charge in [0.15, 0.2) is 0 Å². The fraction of sp³-hybridized carbons (Fsp3) is 0.222. The van der Waals surface area contributed by atoms with E-state index in [0.29, 0.717) is 5.69 Å². The number of benzene rings is 1. The number of hydrogen-bond acceptors (Lipinski definition) is 3. The summed E-state index contributed by atoms with van der Waals surface area (Å²) in [5, 5.41) is 2.76. The second-order valence-electron chi connectivity index (χ2n) is 5.49. The number of carbonyl (C=O) groups is 1. The number of nitrogens with two attached hydrogens (primary N) is 1. The van der Waals surface area contributed by atoms with Crippen LogP contribution in [0.2, 0.25) is 0 Å². The van der Waals surface area contributed by atoms with Crippen molar-refractivity contribution < 1.29 is 4.79 Å². The average Bonchev–Trinajstić information content (AvgIpc) is 2.91. The van der Waals surface area contributed by atoms with E-state index in [4.69, 9.17) is 10.7 Å². The topological polar surface area (TPSA) is 72.4 Å². The van der Waals surface area contributed by atoms with E-state index in [1.54, 1.807) is 0 Å². The summed E-state index contributed by atoms with van der Waals surface area (Å²) >= 11 is 0. The van der Waals surface area contributed by atoms with E-state index in [0.717, 1.165) is 29.0 Å². The lowest BCUT2D eigenvalue weighted by Crippen LogP contribution is -2.21. The van der Waals surface area contributed by atoms with E-state index in [-0.39, 0.29) is 12.5 Å². The van der Waals surface area contributed by atoms with E-state index in [1.165, 1.54) is 5.56 Å². The first-order chi connectivity index (χ1) is 11.1. The highest BCUT2D eigenvalue weighted by Crippen LogP contribution is 2.25. The number of aryl methyl sites for hydroxylation is 2. The van der Waals surface area contributed by atoms with Gasteiger partial charge >= 0.3 is 0 Å². The molecule has 0 unspecified atom stereocenters. The number of nitrogens with one attached hydrogen (secondary N) is 1. The second-order valence-corrected chi connectivity index (χ2v) is 5.49. The zero-order chi connectivity index (χ0) is 16.4. The fourth-order valence-corrected chi connectivity index (χ4v) is 2.62. The average molecular weight is 308 g/mol. The Labute approximate surface area is 135 Å². The Morgan fingerprint density at radius 3 is 2.61 bits per heavy atom. The lowest BCUT2D eigenvalue weighted by molar-refractivity contribution is -0.114. The first-order valence-electron chi connectivity index (χ1n) is 7.70. The van der Waals surface area contributed by atoms with Crippen molar-refractivity contribution in [3.63, 3.8) is 0 Å². The summed E-state index contributed by atoms with van der Waals surface area (Å²) in [6.07, 6.45) is 2.89. The minimum Gasteiger partial charge on any atom is -0.324 e. The van der Waals surface area contributed by atoms with Crippen LogP contribution >= 0.6 is 0 Å². The normalized spacial score (nSPS) is 10.9. The molecule has 0 aliphatic heterocycles. The number of hydrogen-bond donors (Lipinski definition) is 2. The van der Waals surface area contributed by atoms with E-state index >= 15 is 0 Å². The van der Waals surface area contributed by atoms with E-state index < -0.39 is 0 Å². The lowest BCUT2D eigenvalue weighted by atomic mass is 10.1. The molecule has 0 radical (unpaired) electrons. The standard InChI is InChI=1S/C18H20N4O/c1-3-13-4-6-14(7-5-13)18-12(2)22-11-15(20-17(23)10-19)8-9-16(22)21-18/h4-9,11H,3,10,19H2,1-2H3,(H,20,23). The molecule has 1 amide bonds. The van der Waals surface area contributed by atoms with Gasteiger partial charge in [0, 0.05) is 17.5 Å². The summed E-state index contributed by atoms with van der Waals surface area (Å²) < 4.78 is 1.98. The summed E-state index contributed by atoms with van der Waals surface area (Å²) in [4.78, 5) is 16.1. The molecular formula is C18H20N4O. The Kier molecular flexibility index (Phi) is 4.12. The third-order valence-electron chi connectivity index (χ3n) is 3.96. The highest BCUT2D eigenvalue weighted by molar-refractivity contribution is 5.92. The number of fused-ring (bicyclic) bond motifs is 1. The van der Waals surface area contributed by atoms with E-state index in [1.807, 2.05) is 29.7 Å². The number of nitrogens with zero attached hydrogens (tertiary/aromatic N) is 2. The van der Waals surface area contributed by atoms with E-state index in [2.05, 4.69) is 36.5 Å². The molecule has 0 atom stereocenters. The third kappa shape index (κ3) is 2.96. The van der Waals surface area contributed by atoms with Crippen LogP contribution in [-0.4, -0.2) is 21.8 Å². The first-order valence-corrected chi connectivity index (χ1v) is 7.70. The molecule has 2 aromatic heterocycles. The van der Waals surface area contributed by atoms with Crippen molar-refractivity contribution >= 4 is 17.2 Å². The van der Waals surface area contributed by atoms with Gasteiger partial charge in [0.05, 0.1) is 17.9 Å². The molecule has 5 heteroatoms. The number of carbonyl (C=O) groups excluding carboxylic acids is 1. The van der Waals surface area contributed by atoms with Gasteiger partial charge in [-0.05, 0) is 31.0 Å². The molecule has 0 saturated carbocycles. The van der Waals surface area contributed by atoms with Crippen molar-refractivity contribution in [3.8, 4) is 11.3 Å². The largest absolute Gasteiger partial charge is 0.324 e. The van der Waals surface area contributed by atoms with E-state index in [9.17, 15) is 4.79 Å². The van der Waals surface area contributed by atoms with Gasteiger partial charge in [-0.1, -0.05) is 31.2 Å². The van der Waals surface area contributed by atoms with Crippen LogP contribution in [0.4, 0.5) is 5.69 Å². The molecule has 3 aromatic rings. The maximum absolute atomic E-state index is 11.4. The smallest absolute Gasteiger partial charge is 0.238 e. The van der Waals surface area contributed by atoms with Crippen LogP contribution < -0.4 is 11.1 Å². The van der Waals surface area contributed by atoms with Gasteiger partial charge in [-0.2, -0.15) is 0 Å². The van der Waals surface area contributed by atoms with Gasteiger partial charge in [-0.15, -0.1) is 0 Å². The highest BCUT2D eigenvalue weighted by atomic mass is 16.1. The summed E-state index contributed by atoms with van der Waals surface area (Å²) in [7, 11) is 0. The van der Waals surface area contributed by atoms with Gasteiger partial charge in [-0.3, -0.25) is 4.79 Å². The molecule has 0 bridgehead atoms. The number of amides is 1. The Morgan fingerprint density at radius 2 is 1.96 bits per heavy atom. The number of pyridine rings is 1. The van der Waals surface area contributed by atoms with Crippen LogP contribution in [0.5, 0.6) is 0 Å². The quantitative estimate of drug-likeness (QED) is 0.778. The Hall–Kier alpha value is -2.66.